The number of fused-ring (bicyclic) bond motifs is 7. The zero-order valence-electron chi connectivity index (χ0n) is 30.9. The lowest BCUT2D eigenvalue weighted by molar-refractivity contribution is 0.0573. The number of rotatable bonds is 3. The van der Waals surface area contributed by atoms with Crippen molar-refractivity contribution in [1.29, 1.82) is 0 Å². The van der Waals surface area contributed by atoms with Crippen LogP contribution in [0.1, 0.15) is 81.5 Å². The number of aromatic nitrogens is 4. The molecule has 0 unspecified atom stereocenters. The van der Waals surface area contributed by atoms with Crippen molar-refractivity contribution in [3.63, 3.8) is 0 Å². The average molecular weight is 709 g/mol. The van der Waals surface area contributed by atoms with Crippen molar-refractivity contribution >= 4 is 12.1 Å². The number of aromatic amines is 2. The molecule has 3 aliphatic rings. The Labute approximate surface area is 306 Å². The van der Waals surface area contributed by atoms with Gasteiger partial charge in [-0.3, -0.25) is 0 Å². The Hall–Kier alpha value is -4.84. The first-order chi connectivity index (χ1) is 25.3. The van der Waals surface area contributed by atoms with Gasteiger partial charge in [0.15, 0.2) is 0 Å². The van der Waals surface area contributed by atoms with Crippen LogP contribution < -0.4 is 4.74 Å². The molecule has 5 heterocycles. The number of hydrogen-bond donors (Lipinski definition) is 2. The van der Waals surface area contributed by atoms with E-state index in [1.54, 1.807) is 38.0 Å². The molecular formula is C40H52N8O4. The van der Waals surface area contributed by atoms with Crippen LogP contribution in [-0.2, 0) is 4.74 Å². The smallest absolute Gasteiger partial charge is 0.320 e. The van der Waals surface area contributed by atoms with Crippen LogP contribution in [-0.4, -0.2) is 112 Å². The Morgan fingerprint density at radius 3 is 2.08 bits per heavy atom. The summed E-state index contributed by atoms with van der Waals surface area (Å²) in [5.41, 5.74) is 5.89. The van der Waals surface area contributed by atoms with E-state index >= 15 is 0 Å². The van der Waals surface area contributed by atoms with Crippen LogP contribution in [0.25, 0.3) is 33.6 Å². The number of nitrogens with zero attached hydrogens (tertiary/aromatic N) is 6. The van der Waals surface area contributed by atoms with Gasteiger partial charge in [0.05, 0.1) is 48.6 Å². The maximum atomic E-state index is 13.2. The minimum atomic E-state index is -0.196. The molecule has 0 saturated carbocycles. The number of urea groups is 2. The highest BCUT2D eigenvalue weighted by Crippen LogP contribution is 2.38. The lowest BCUT2D eigenvalue weighted by Gasteiger charge is -2.26. The van der Waals surface area contributed by atoms with Gasteiger partial charge in [-0.05, 0) is 54.5 Å². The van der Waals surface area contributed by atoms with Gasteiger partial charge in [-0.15, -0.1) is 0 Å². The molecule has 0 radical (unpaired) electrons. The van der Waals surface area contributed by atoms with Crippen molar-refractivity contribution in [2.24, 2.45) is 0 Å². The number of carbonyl (C=O) groups is 2. The van der Waals surface area contributed by atoms with Crippen LogP contribution in [0.3, 0.4) is 0 Å². The van der Waals surface area contributed by atoms with E-state index in [2.05, 4.69) is 57.4 Å². The number of imidazole rings is 2. The summed E-state index contributed by atoms with van der Waals surface area (Å²) >= 11 is 0. The number of ether oxygens (including phenoxy) is 2. The zero-order chi connectivity index (χ0) is 36.2. The van der Waals surface area contributed by atoms with E-state index < -0.39 is 0 Å². The first kappa shape index (κ1) is 35.6. The SMILES string of the molecule is CN(C)C(=O)N1CCC[C@H]1c1ncc(-c2ccc(-c3ccc4c(c3)OCCCCCCCCO[C@H]3C[C@@H](c5ncc-4[nH]5)N(C(=O)N(C)C)C3)cc2)[nH]1. The molecule has 4 amide bonds. The van der Waals surface area contributed by atoms with Crippen molar-refractivity contribution in [3.05, 3.63) is 66.5 Å². The van der Waals surface area contributed by atoms with E-state index in [4.69, 9.17) is 14.5 Å². The number of hydrogen-bond acceptors (Lipinski definition) is 6. The fraction of sp³-hybridized carbons (Fsp3) is 0.500. The highest BCUT2D eigenvalue weighted by Gasteiger charge is 2.39. The standard InChI is InChI=1S/C40H52N8O4/c1-45(2)39(49)47-19-11-12-34(47)37-41-24-32(43-37)28-15-13-27(14-16-28)29-17-18-31-33-25-42-38(44-33)35-23-30(26-48(35)40(50)46(3)4)51-20-9-7-5-6-8-10-21-52-36(31)22-29/h13-18,22,24-25,30,34-35H,5-12,19-21,23,26H2,1-4H3,(H,41,43)(H,42,44)/t30-,34-,35-/m0/s1. The van der Waals surface area contributed by atoms with Crippen molar-refractivity contribution in [3.8, 4) is 39.4 Å². The summed E-state index contributed by atoms with van der Waals surface area (Å²) in [4.78, 5) is 49.5. The van der Waals surface area contributed by atoms with Crippen molar-refractivity contribution in [2.45, 2.75) is 76.0 Å². The maximum Gasteiger partial charge on any atom is 0.320 e. The molecule has 3 atom stereocenters. The van der Waals surface area contributed by atoms with Gasteiger partial charge in [0, 0.05) is 59.9 Å². The molecule has 276 valence electrons. The molecule has 4 bridgehead atoms. The summed E-state index contributed by atoms with van der Waals surface area (Å²) < 4.78 is 12.8. The van der Waals surface area contributed by atoms with Crippen LogP contribution in [0.15, 0.2) is 54.9 Å². The third-order valence-corrected chi connectivity index (χ3v) is 10.5. The maximum absolute atomic E-state index is 13.2. The number of nitrogens with one attached hydrogen (secondary N) is 2. The van der Waals surface area contributed by atoms with E-state index in [0.29, 0.717) is 19.6 Å². The lowest BCUT2D eigenvalue weighted by atomic mass is 10.00. The second-order valence-electron chi connectivity index (χ2n) is 14.7. The van der Waals surface area contributed by atoms with E-state index in [1.165, 1.54) is 12.8 Å². The molecule has 12 heteroatoms. The Morgan fingerprint density at radius 1 is 0.712 bits per heavy atom. The van der Waals surface area contributed by atoms with Gasteiger partial charge in [0.1, 0.15) is 17.4 Å². The second-order valence-corrected chi connectivity index (χ2v) is 14.7. The first-order valence-corrected chi connectivity index (χ1v) is 18.8. The van der Waals surface area contributed by atoms with Gasteiger partial charge >= 0.3 is 12.1 Å². The normalized spacial score (nSPS) is 21.2. The monoisotopic (exact) mass is 708 g/mol. The Balaban J connectivity index is 1.13. The van der Waals surface area contributed by atoms with Crippen molar-refractivity contribution in [1.82, 2.24) is 39.5 Å². The van der Waals surface area contributed by atoms with Crippen molar-refractivity contribution in [2.75, 3.05) is 54.5 Å². The fourth-order valence-electron chi connectivity index (χ4n) is 7.71. The van der Waals surface area contributed by atoms with E-state index in [-0.39, 0.29) is 30.2 Å². The molecular weight excluding hydrogens is 656 g/mol. The minimum absolute atomic E-state index is 0.0161. The van der Waals surface area contributed by atoms with E-state index in [9.17, 15) is 9.59 Å². The molecule has 2 fully saturated rings. The number of H-pyrrole nitrogens is 2. The Morgan fingerprint density at radius 2 is 1.33 bits per heavy atom. The highest BCUT2D eigenvalue weighted by molar-refractivity contribution is 5.77. The predicted octanol–water partition coefficient (Wildman–Crippen LogP) is 7.50. The third kappa shape index (κ3) is 7.67. The fourth-order valence-corrected chi connectivity index (χ4v) is 7.71. The minimum Gasteiger partial charge on any atom is -0.493 e. The Kier molecular flexibility index (Phi) is 10.8. The number of likely N-dealkylation sites (tertiary alicyclic amines) is 2. The predicted molar refractivity (Wildman–Crippen MR) is 201 cm³/mol. The van der Waals surface area contributed by atoms with Crippen molar-refractivity contribution < 1.29 is 19.1 Å². The topological polar surface area (TPSA) is 123 Å². The van der Waals surface area contributed by atoms with Gasteiger partial charge in [-0.25, -0.2) is 19.6 Å². The van der Waals surface area contributed by atoms with E-state index in [1.807, 2.05) is 22.2 Å². The van der Waals surface area contributed by atoms with Crippen LogP contribution in [0.4, 0.5) is 9.59 Å². The van der Waals surface area contributed by atoms with Gasteiger partial charge in [0.25, 0.3) is 0 Å². The average Bonchev–Trinajstić information content (AvgIpc) is 3.98. The molecule has 2 aromatic heterocycles. The van der Waals surface area contributed by atoms with Gasteiger partial charge in [-0.2, -0.15) is 0 Å². The lowest BCUT2D eigenvalue weighted by Crippen LogP contribution is -2.39. The van der Waals surface area contributed by atoms with Gasteiger partial charge < -0.3 is 39.0 Å². The van der Waals surface area contributed by atoms with Crippen LogP contribution in [0.5, 0.6) is 5.75 Å². The van der Waals surface area contributed by atoms with Crippen LogP contribution in [0.2, 0.25) is 0 Å². The molecule has 4 aromatic rings. The summed E-state index contributed by atoms with van der Waals surface area (Å²) in [6.07, 6.45) is 12.9. The largest absolute Gasteiger partial charge is 0.493 e. The van der Waals surface area contributed by atoms with Crippen LogP contribution >= 0.6 is 0 Å². The third-order valence-electron chi connectivity index (χ3n) is 10.5. The molecule has 0 aliphatic carbocycles. The summed E-state index contributed by atoms with van der Waals surface area (Å²) in [5.74, 6) is 2.39. The summed E-state index contributed by atoms with van der Waals surface area (Å²) in [6, 6.07) is 14.5. The molecule has 2 N–H and O–H groups in total. The molecule has 52 heavy (non-hydrogen) atoms. The van der Waals surface area contributed by atoms with Gasteiger partial charge in [0.2, 0.25) is 0 Å². The molecule has 2 saturated heterocycles. The summed E-state index contributed by atoms with van der Waals surface area (Å²) in [7, 11) is 7.15. The van der Waals surface area contributed by atoms with Gasteiger partial charge in [-0.1, -0.05) is 56.0 Å². The molecule has 0 spiro atoms. The second kappa shape index (κ2) is 15.8. The first-order valence-electron chi connectivity index (χ1n) is 18.8. The summed E-state index contributed by atoms with van der Waals surface area (Å²) in [5, 5.41) is 0. The highest BCUT2D eigenvalue weighted by atomic mass is 16.5. The Bertz CT molecular complexity index is 1830. The number of amides is 4. The summed E-state index contributed by atoms with van der Waals surface area (Å²) in [6.45, 7) is 2.65. The quantitative estimate of drug-likeness (QED) is 0.227. The molecule has 3 aliphatic heterocycles. The van der Waals surface area contributed by atoms with Crippen LogP contribution in [0, 0.1) is 0 Å². The number of benzene rings is 2. The number of carbonyl (C=O) groups excluding carboxylic acids is 2. The zero-order valence-corrected chi connectivity index (χ0v) is 30.9. The van der Waals surface area contributed by atoms with E-state index in [0.717, 1.165) is 103 Å². The molecule has 7 rings (SSSR count). The molecule has 2 aromatic carbocycles. The molecule has 12 nitrogen and oxygen atoms in total.